The molecule has 1 N–H and O–H groups in total. The Morgan fingerprint density at radius 2 is 1.95 bits per heavy atom. The fourth-order valence-electron chi connectivity index (χ4n) is 2.15. The summed E-state index contributed by atoms with van der Waals surface area (Å²) in [5.74, 6) is 0. The number of likely N-dealkylation sites (tertiary alicyclic amines) is 1. The predicted octanol–water partition coefficient (Wildman–Crippen LogP) is 2.57. The highest BCUT2D eigenvalue weighted by Crippen LogP contribution is 2.35. The van der Waals surface area contributed by atoms with Crippen molar-refractivity contribution in [3.05, 3.63) is 30.1 Å². The molecule has 20 heavy (non-hydrogen) atoms. The largest absolute Gasteiger partial charge is 0.485 e. The number of hydrogen-bond acceptors (Lipinski definition) is 2. The van der Waals surface area contributed by atoms with Crippen molar-refractivity contribution in [3.63, 3.8) is 0 Å². The molecule has 0 saturated carbocycles. The van der Waals surface area contributed by atoms with E-state index in [1.807, 2.05) is 0 Å². The maximum absolute atomic E-state index is 14.6. The molecule has 1 aromatic rings. The molecule has 110 valence electrons. The van der Waals surface area contributed by atoms with Gasteiger partial charge in [0.1, 0.15) is 0 Å². The summed E-state index contributed by atoms with van der Waals surface area (Å²) in [5.41, 5.74) is -1.45. The zero-order chi connectivity index (χ0) is 14.8. The van der Waals surface area contributed by atoms with Crippen LogP contribution >= 0.6 is 0 Å². The van der Waals surface area contributed by atoms with Gasteiger partial charge in [-0.2, -0.15) is 13.2 Å². The van der Waals surface area contributed by atoms with E-state index in [0.717, 1.165) is 10.2 Å². The van der Waals surface area contributed by atoms with Gasteiger partial charge in [-0.1, -0.05) is 6.07 Å². The third kappa shape index (κ3) is 3.37. The van der Waals surface area contributed by atoms with Crippen molar-refractivity contribution in [3.8, 4) is 0 Å². The Hall–Kier alpha value is -1.86. The lowest BCUT2D eigenvalue weighted by molar-refractivity contribution is -0.147. The maximum Gasteiger partial charge on any atom is 0.485 e. The number of carbonyl (C=O) groups excluding carboxylic acids is 1. The van der Waals surface area contributed by atoms with Crippen LogP contribution in [0.5, 0.6) is 0 Å². The molecule has 1 saturated heterocycles. The molecule has 0 atom stereocenters. The van der Waals surface area contributed by atoms with E-state index in [1.165, 1.54) is 12.3 Å². The number of carbonyl (C=O) groups is 1. The van der Waals surface area contributed by atoms with Gasteiger partial charge in [-0.3, -0.25) is 4.98 Å². The van der Waals surface area contributed by atoms with E-state index >= 15 is 0 Å². The number of nitrogens with one attached hydrogen (secondary N) is 1. The summed E-state index contributed by atoms with van der Waals surface area (Å²) in [7, 11) is 0. The number of nitrogens with zero attached hydrogens (tertiary/aromatic N) is 2. The number of aromatic nitrogens is 1. The van der Waals surface area contributed by atoms with Crippen LogP contribution < -0.4 is 5.32 Å². The number of pyridine rings is 1. The van der Waals surface area contributed by atoms with E-state index in [2.05, 4.69) is 4.98 Å². The van der Waals surface area contributed by atoms with E-state index in [9.17, 15) is 22.4 Å². The van der Waals surface area contributed by atoms with Gasteiger partial charge in [0, 0.05) is 32.1 Å². The Balaban J connectivity index is 1.97. The molecule has 0 radical (unpaired) electrons. The number of urea groups is 1. The van der Waals surface area contributed by atoms with Crippen LogP contribution in [0, 0.1) is 0 Å². The molecule has 1 fully saturated rings. The third-order valence-corrected chi connectivity index (χ3v) is 3.22. The van der Waals surface area contributed by atoms with Crippen LogP contribution in [0.1, 0.15) is 18.5 Å². The van der Waals surface area contributed by atoms with Crippen molar-refractivity contribution < 1.29 is 22.4 Å². The molecule has 0 bridgehead atoms. The zero-order valence-electron chi connectivity index (χ0n) is 10.5. The summed E-state index contributed by atoms with van der Waals surface area (Å²) < 4.78 is 50.7. The predicted molar refractivity (Wildman–Crippen MR) is 62.4 cm³/mol. The monoisotopic (exact) mass is 291 g/mol. The quantitative estimate of drug-likeness (QED) is 0.638. The lowest BCUT2D eigenvalue weighted by Gasteiger charge is -2.36. The number of rotatable bonds is 1. The molecule has 1 aromatic heterocycles. The van der Waals surface area contributed by atoms with Gasteiger partial charge in [0.2, 0.25) is 0 Å². The normalized spacial score (nSPS) is 18.7. The Bertz CT molecular complexity index is 469. The molecule has 8 heteroatoms. The molecule has 2 heterocycles. The zero-order valence-corrected chi connectivity index (χ0v) is 10.5. The summed E-state index contributed by atoms with van der Waals surface area (Å²) in [5, 5.41) is 0.905. The molecule has 4 nitrogen and oxygen atoms in total. The first-order chi connectivity index (χ1) is 9.30. The lowest BCUT2D eigenvalue weighted by atomic mass is 9.90. The first kappa shape index (κ1) is 14.5. The minimum atomic E-state index is -4.78. The molecule has 0 spiro atoms. The standard InChI is InChI=1S/C12H13F4N3O/c13-11(9-3-1-2-6-17-9)4-7-19(8-5-11)10(20)18-12(14,15)16/h1-3,6H,4-5,7-8H2,(H,18,20). The highest BCUT2D eigenvalue weighted by Gasteiger charge is 2.40. The van der Waals surface area contributed by atoms with Gasteiger partial charge in [-0.05, 0) is 12.1 Å². The Labute approximate surface area is 112 Å². The summed E-state index contributed by atoms with van der Waals surface area (Å²) in [4.78, 5) is 16.2. The van der Waals surface area contributed by atoms with Gasteiger partial charge in [0.05, 0.1) is 5.69 Å². The molecule has 0 unspecified atom stereocenters. The number of piperidine rings is 1. The van der Waals surface area contributed by atoms with Crippen LogP contribution in [-0.4, -0.2) is 35.3 Å². The average molecular weight is 291 g/mol. The molecule has 0 aliphatic carbocycles. The van der Waals surface area contributed by atoms with Gasteiger partial charge in [0.15, 0.2) is 5.67 Å². The van der Waals surface area contributed by atoms with Gasteiger partial charge in [0.25, 0.3) is 0 Å². The van der Waals surface area contributed by atoms with Crippen LogP contribution in [0.3, 0.4) is 0 Å². The fraction of sp³-hybridized carbons (Fsp3) is 0.500. The van der Waals surface area contributed by atoms with Crippen LogP contribution in [0.15, 0.2) is 24.4 Å². The average Bonchev–Trinajstić information content (AvgIpc) is 2.38. The van der Waals surface area contributed by atoms with Gasteiger partial charge >= 0.3 is 12.3 Å². The lowest BCUT2D eigenvalue weighted by Crippen LogP contribution is -2.51. The molecule has 0 aromatic carbocycles. The van der Waals surface area contributed by atoms with Gasteiger partial charge in [-0.15, -0.1) is 0 Å². The Morgan fingerprint density at radius 3 is 2.45 bits per heavy atom. The topological polar surface area (TPSA) is 45.2 Å². The number of hydrogen-bond donors (Lipinski definition) is 1. The second kappa shape index (κ2) is 5.26. The molecular formula is C12H13F4N3O. The van der Waals surface area contributed by atoms with Crippen molar-refractivity contribution in [1.82, 2.24) is 15.2 Å². The summed E-state index contributed by atoms with van der Waals surface area (Å²) in [6, 6.07) is 3.58. The third-order valence-electron chi connectivity index (χ3n) is 3.22. The van der Waals surface area contributed by atoms with Crippen molar-refractivity contribution in [2.45, 2.75) is 24.8 Å². The number of amides is 2. The summed E-state index contributed by atoms with van der Waals surface area (Å²) in [6.07, 6.45) is -3.47. The summed E-state index contributed by atoms with van der Waals surface area (Å²) >= 11 is 0. The fourth-order valence-corrected chi connectivity index (χ4v) is 2.15. The first-order valence-corrected chi connectivity index (χ1v) is 6.04. The van der Waals surface area contributed by atoms with E-state index in [4.69, 9.17) is 0 Å². The Kier molecular flexibility index (Phi) is 3.82. The summed E-state index contributed by atoms with van der Waals surface area (Å²) in [6.45, 7) is -0.177. The van der Waals surface area contributed by atoms with Crippen LogP contribution in [0.25, 0.3) is 0 Å². The van der Waals surface area contributed by atoms with E-state index in [1.54, 1.807) is 12.1 Å². The van der Waals surface area contributed by atoms with E-state index < -0.39 is 18.0 Å². The van der Waals surface area contributed by atoms with Crippen molar-refractivity contribution >= 4 is 6.03 Å². The molecule has 2 amide bonds. The number of halogens is 4. The molecule has 1 aliphatic heterocycles. The second-order valence-electron chi connectivity index (χ2n) is 4.60. The van der Waals surface area contributed by atoms with Crippen molar-refractivity contribution in [2.75, 3.05) is 13.1 Å². The van der Waals surface area contributed by atoms with Crippen molar-refractivity contribution in [1.29, 1.82) is 0 Å². The second-order valence-corrected chi connectivity index (χ2v) is 4.60. The van der Waals surface area contributed by atoms with Crippen molar-refractivity contribution in [2.24, 2.45) is 0 Å². The van der Waals surface area contributed by atoms with E-state index in [0.29, 0.717) is 0 Å². The van der Waals surface area contributed by atoms with E-state index in [-0.39, 0.29) is 31.6 Å². The molecular weight excluding hydrogens is 278 g/mol. The van der Waals surface area contributed by atoms with Gasteiger partial charge in [-0.25, -0.2) is 14.5 Å². The number of alkyl halides is 4. The minimum absolute atomic E-state index is 0.0741. The first-order valence-electron chi connectivity index (χ1n) is 6.04. The highest BCUT2D eigenvalue weighted by atomic mass is 19.4. The molecule has 1 aliphatic rings. The Morgan fingerprint density at radius 1 is 1.30 bits per heavy atom. The minimum Gasteiger partial charge on any atom is -0.324 e. The SMILES string of the molecule is O=C(NC(F)(F)F)N1CCC(F)(c2ccccn2)CC1. The highest BCUT2D eigenvalue weighted by molar-refractivity contribution is 5.74. The maximum atomic E-state index is 14.6. The van der Waals surface area contributed by atoms with Crippen LogP contribution in [0.2, 0.25) is 0 Å². The smallest absolute Gasteiger partial charge is 0.324 e. The molecule has 2 rings (SSSR count). The van der Waals surface area contributed by atoms with Crippen LogP contribution in [-0.2, 0) is 5.67 Å². The van der Waals surface area contributed by atoms with Crippen LogP contribution in [0.4, 0.5) is 22.4 Å². The van der Waals surface area contributed by atoms with Gasteiger partial charge < -0.3 is 4.90 Å².